The van der Waals surface area contributed by atoms with Crippen molar-refractivity contribution >= 4 is 22.0 Å². The van der Waals surface area contributed by atoms with E-state index in [9.17, 15) is 4.79 Å². The van der Waals surface area contributed by atoms with Gasteiger partial charge in [0, 0.05) is 23.5 Å². The number of hydrogen-bond acceptors (Lipinski definition) is 2. The molecule has 0 N–H and O–H groups in total. The topological polar surface area (TPSA) is 29.5 Å². The van der Waals surface area contributed by atoms with Crippen molar-refractivity contribution in [1.29, 1.82) is 0 Å². The van der Waals surface area contributed by atoms with Gasteiger partial charge in [0.15, 0.2) is 0 Å². The highest BCUT2D eigenvalue weighted by Gasteiger charge is 2.42. The lowest BCUT2D eigenvalue weighted by Crippen LogP contribution is -2.30. The highest BCUT2D eigenvalue weighted by Crippen LogP contribution is 2.42. The summed E-state index contributed by atoms with van der Waals surface area (Å²) in [6.45, 7) is 6.15. The van der Waals surface area contributed by atoms with Crippen molar-refractivity contribution in [1.82, 2.24) is 4.90 Å². The zero-order valence-electron chi connectivity index (χ0n) is 14.0. The number of benzene rings is 2. The zero-order valence-corrected chi connectivity index (χ0v) is 15.6. The van der Waals surface area contributed by atoms with Gasteiger partial charge in [-0.25, -0.2) is 4.79 Å². The molecule has 4 heteroatoms. The number of amides is 1. The van der Waals surface area contributed by atoms with E-state index >= 15 is 0 Å². The summed E-state index contributed by atoms with van der Waals surface area (Å²) in [5.74, 6) is 0.315. The van der Waals surface area contributed by atoms with Crippen molar-refractivity contribution in [2.75, 3.05) is 13.1 Å². The fraction of sp³-hybridized carbons (Fsp3) is 0.350. The number of carbonyl (C=O) groups is 1. The molecule has 0 radical (unpaired) electrons. The number of hydrogen-bond donors (Lipinski definition) is 0. The molecule has 3 rings (SSSR count). The molecule has 1 amide bonds. The molecule has 1 saturated heterocycles. The minimum atomic E-state index is -0.230. The van der Waals surface area contributed by atoms with Gasteiger partial charge >= 0.3 is 6.09 Å². The first-order valence-corrected chi connectivity index (χ1v) is 8.96. The normalized spacial score (nSPS) is 19.3. The highest BCUT2D eigenvalue weighted by atomic mass is 79.9. The molecule has 3 nitrogen and oxygen atoms in total. The quantitative estimate of drug-likeness (QED) is 0.722. The fourth-order valence-corrected chi connectivity index (χ4v) is 3.60. The summed E-state index contributed by atoms with van der Waals surface area (Å²) >= 11 is 3.48. The maximum atomic E-state index is 12.4. The second-order valence-corrected chi connectivity index (χ2v) is 7.93. The summed E-state index contributed by atoms with van der Waals surface area (Å²) in [6, 6.07) is 18.2. The number of likely N-dealkylation sites (tertiary alicyclic amines) is 1. The van der Waals surface area contributed by atoms with Crippen LogP contribution in [0.5, 0.6) is 0 Å². The van der Waals surface area contributed by atoms with Crippen LogP contribution in [0, 0.1) is 5.41 Å². The first-order chi connectivity index (χ1) is 11.5. The van der Waals surface area contributed by atoms with Crippen LogP contribution in [0.15, 0.2) is 59.1 Å². The maximum Gasteiger partial charge on any atom is 0.410 e. The number of nitrogens with zero attached hydrogens (tertiary/aromatic N) is 1. The minimum absolute atomic E-state index is 0.0274. The Balaban J connectivity index is 1.65. The van der Waals surface area contributed by atoms with Crippen molar-refractivity contribution in [2.24, 2.45) is 5.41 Å². The first-order valence-electron chi connectivity index (χ1n) is 8.17. The second kappa shape index (κ2) is 6.98. The molecule has 1 fully saturated rings. The van der Waals surface area contributed by atoms with Crippen LogP contribution in [-0.2, 0) is 11.3 Å². The molecule has 126 valence electrons. The SMILES string of the molecule is CC1(C)CN(C(=O)OCc2ccccc2)CC1c1ccc(Br)cc1. The van der Waals surface area contributed by atoms with Crippen LogP contribution in [0.4, 0.5) is 4.79 Å². The van der Waals surface area contributed by atoms with Crippen LogP contribution in [0.3, 0.4) is 0 Å². The standard InChI is InChI=1S/C20H22BrNO2/c1-20(2)14-22(12-18(20)16-8-10-17(21)11-9-16)19(23)24-13-15-6-4-3-5-7-15/h3-11,18H,12-14H2,1-2H3. The Morgan fingerprint density at radius 2 is 1.83 bits per heavy atom. The van der Waals surface area contributed by atoms with Crippen molar-refractivity contribution < 1.29 is 9.53 Å². The number of ether oxygens (including phenoxy) is 1. The number of carbonyl (C=O) groups excluding carboxylic acids is 1. The lowest BCUT2D eigenvalue weighted by atomic mass is 9.78. The van der Waals surface area contributed by atoms with Gasteiger partial charge < -0.3 is 9.64 Å². The molecule has 1 heterocycles. The Labute approximate surface area is 151 Å². The summed E-state index contributed by atoms with van der Waals surface area (Å²) in [4.78, 5) is 14.3. The third kappa shape index (κ3) is 3.81. The molecular weight excluding hydrogens is 366 g/mol. The lowest BCUT2D eigenvalue weighted by Gasteiger charge is -2.25. The van der Waals surface area contributed by atoms with E-state index in [2.05, 4.69) is 54.0 Å². The minimum Gasteiger partial charge on any atom is -0.445 e. The Bertz CT molecular complexity index is 697. The molecule has 0 spiro atoms. The van der Waals surface area contributed by atoms with E-state index in [1.165, 1.54) is 5.56 Å². The lowest BCUT2D eigenvalue weighted by molar-refractivity contribution is 0.101. The maximum absolute atomic E-state index is 12.4. The van der Waals surface area contributed by atoms with Gasteiger partial charge in [-0.05, 0) is 28.7 Å². The summed E-state index contributed by atoms with van der Waals surface area (Å²) in [5.41, 5.74) is 2.30. The van der Waals surface area contributed by atoms with Crippen LogP contribution in [0.2, 0.25) is 0 Å². The van der Waals surface area contributed by atoms with Gasteiger partial charge in [-0.1, -0.05) is 72.2 Å². The first kappa shape index (κ1) is 17.0. The molecule has 0 saturated carbocycles. The van der Waals surface area contributed by atoms with Crippen molar-refractivity contribution in [3.05, 3.63) is 70.2 Å². The fourth-order valence-electron chi connectivity index (χ4n) is 3.34. The molecule has 1 aliphatic rings. The molecule has 1 aliphatic heterocycles. The van der Waals surface area contributed by atoms with Gasteiger partial charge in [0.25, 0.3) is 0 Å². The van der Waals surface area contributed by atoms with E-state index in [0.29, 0.717) is 25.6 Å². The molecule has 0 bridgehead atoms. The van der Waals surface area contributed by atoms with E-state index in [4.69, 9.17) is 4.74 Å². The number of rotatable bonds is 3. The van der Waals surface area contributed by atoms with Gasteiger partial charge in [0.2, 0.25) is 0 Å². The van der Waals surface area contributed by atoms with E-state index < -0.39 is 0 Å². The van der Waals surface area contributed by atoms with Crippen LogP contribution in [-0.4, -0.2) is 24.1 Å². The summed E-state index contributed by atoms with van der Waals surface area (Å²) < 4.78 is 6.56. The third-order valence-corrected chi connectivity index (χ3v) is 5.21. The summed E-state index contributed by atoms with van der Waals surface area (Å²) in [7, 11) is 0. The molecule has 2 aromatic carbocycles. The van der Waals surface area contributed by atoms with E-state index in [-0.39, 0.29) is 11.5 Å². The third-order valence-electron chi connectivity index (χ3n) is 4.68. The van der Waals surface area contributed by atoms with Crippen molar-refractivity contribution in [2.45, 2.75) is 26.4 Å². The average molecular weight is 388 g/mol. The summed E-state index contributed by atoms with van der Waals surface area (Å²) in [5, 5.41) is 0. The van der Waals surface area contributed by atoms with Crippen LogP contribution < -0.4 is 0 Å². The zero-order chi connectivity index (χ0) is 17.2. The molecule has 0 aromatic heterocycles. The van der Waals surface area contributed by atoms with Gasteiger partial charge in [0.05, 0.1) is 0 Å². The van der Waals surface area contributed by atoms with E-state index in [1.807, 2.05) is 35.2 Å². The Morgan fingerprint density at radius 1 is 1.17 bits per heavy atom. The molecule has 24 heavy (non-hydrogen) atoms. The van der Waals surface area contributed by atoms with Crippen LogP contribution in [0.25, 0.3) is 0 Å². The highest BCUT2D eigenvalue weighted by molar-refractivity contribution is 9.10. The molecule has 0 aliphatic carbocycles. The average Bonchev–Trinajstić information content (AvgIpc) is 2.90. The Kier molecular flexibility index (Phi) is 4.95. The van der Waals surface area contributed by atoms with E-state index in [1.54, 1.807) is 0 Å². The predicted octanol–water partition coefficient (Wildman–Crippen LogP) is 5.21. The molecule has 2 aromatic rings. The van der Waals surface area contributed by atoms with Crippen LogP contribution >= 0.6 is 15.9 Å². The molecule has 1 unspecified atom stereocenters. The van der Waals surface area contributed by atoms with Gasteiger partial charge in [-0.3, -0.25) is 0 Å². The van der Waals surface area contributed by atoms with Crippen molar-refractivity contribution in [3.63, 3.8) is 0 Å². The smallest absolute Gasteiger partial charge is 0.410 e. The van der Waals surface area contributed by atoms with E-state index in [0.717, 1.165) is 10.0 Å². The van der Waals surface area contributed by atoms with Gasteiger partial charge in [-0.15, -0.1) is 0 Å². The predicted molar refractivity (Wildman–Crippen MR) is 98.9 cm³/mol. The summed E-state index contributed by atoms with van der Waals surface area (Å²) in [6.07, 6.45) is -0.230. The van der Waals surface area contributed by atoms with Gasteiger partial charge in [-0.2, -0.15) is 0 Å². The second-order valence-electron chi connectivity index (χ2n) is 7.01. The van der Waals surface area contributed by atoms with Gasteiger partial charge in [0.1, 0.15) is 6.61 Å². The number of halogens is 1. The van der Waals surface area contributed by atoms with Crippen molar-refractivity contribution in [3.8, 4) is 0 Å². The Hall–Kier alpha value is -1.81. The molecule has 1 atom stereocenters. The van der Waals surface area contributed by atoms with Crippen LogP contribution in [0.1, 0.15) is 30.9 Å². The Morgan fingerprint density at radius 3 is 2.50 bits per heavy atom. The monoisotopic (exact) mass is 387 g/mol. The largest absolute Gasteiger partial charge is 0.445 e. The molecular formula is C20H22BrNO2.